The van der Waals surface area contributed by atoms with Crippen LogP contribution < -0.4 is 5.73 Å². The molecule has 1 amide bonds. The van der Waals surface area contributed by atoms with Gasteiger partial charge < -0.3 is 10.2 Å². The molecule has 104 valence electrons. The lowest BCUT2D eigenvalue weighted by Crippen LogP contribution is -2.12. The molecule has 2 N–H and O–H groups in total. The van der Waals surface area contributed by atoms with Crippen molar-refractivity contribution >= 4 is 17.7 Å². The van der Waals surface area contributed by atoms with Gasteiger partial charge in [-0.2, -0.15) is 5.26 Å². The summed E-state index contributed by atoms with van der Waals surface area (Å²) in [6, 6.07) is 10.7. The highest BCUT2D eigenvalue weighted by atomic mass is 16.6. The molecule has 7 heteroatoms. The first-order chi connectivity index (χ1) is 10.0. The Balaban J connectivity index is 2.30. The molecule has 0 aliphatic heterocycles. The number of amides is 1. The zero-order valence-electron chi connectivity index (χ0n) is 10.6. The van der Waals surface area contributed by atoms with Gasteiger partial charge in [0.2, 0.25) is 0 Å². The number of carbonyl (C=O) groups is 1. The molecule has 0 bridgehead atoms. The molecule has 0 aliphatic rings. The Hall–Kier alpha value is -3.40. The van der Waals surface area contributed by atoms with Crippen LogP contribution in [0.2, 0.25) is 0 Å². The van der Waals surface area contributed by atoms with E-state index in [2.05, 4.69) is 0 Å². The first kappa shape index (κ1) is 14.0. The van der Waals surface area contributed by atoms with Crippen molar-refractivity contribution < 1.29 is 14.1 Å². The minimum atomic E-state index is -0.842. The lowest BCUT2D eigenvalue weighted by atomic mass is 10.1. The Morgan fingerprint density at radius 1 is 1.29 bits per heavy atom. The van der Waals surface area contributed by atoms with Crippen LogP contribution in [0, 0.1) is 21.4 Å². The van der Waals surface area contributed by atoms with E-state index in [1.807, 2.05) is 0 Å². The van der Waals surface area contributed by atoms with E-state index in [4.69, 9.17) is 15.4 Å². The van der Waals surface area contributed by atoms with Crippen LogP contribution in [-0.4, -0.2) is 10.8 Å². The molecule has 2 aromatic rings. The summed E-state index contributed by atoms with van der Waals surface area (Å²) in [7, 11) is 0. The van der Waals surface area contributed by atoms with E-state index in [0.717, 1.165) is 0 Å². The molecule has 7 nitrogen and oxygen atoms in total. The fourth-order valence-corrected chi connectivity index (χ4v) is 1.63. The topological polar surface area (TPSA) is 123 Å². The van der Waals surface area contributed by atoms with Gasteiger partial charge in [-0.15, -0.1) is 0 Å². The Morgan fingerprint density at radius 3 is 2.48 bits per heavy atom. The van der Waals surface area contributed by atoms with Crippen molar-refractivity contribution in [3.63, 3.8) is 0 Å². The summed E-state index contributed by atoms with van der Waals surface area (Å²) in [4.78, 5) is 21.0. The summed E-state index contributed by atoms with van der Waals surface area (Å²) in [5.41, 5.74) is 5.41. The number of nitro groups is 1. The van der Waals surface area contributed by atoms with E-state index >= 15 is 0 Å². The molecule has 0 spiro atoms. The van der Waals surface area contributed by atoms with Gasteiger partial charge in [-0.1, -0.05) is 0 Å². The first-order valence-electron chi connectivity index (χ1n) is 5.77. The standard InChI is InChI=1S/C14H9N3O4/c15-8-10(14(16)18)7-12-5-6-13(21-12)9-1-3-11(4-2-9)17(19)20/h1-7H,(H2,16,18). The fraction of sp³-hybridized carbons (Fsp3) is 0. The summed E-state index contributed by atoms with van der Waals surface area (Å²) in [6.45, 7) is 0. The van der Waals surface area contributed by atoms with Crippen LogP contribution in [0.1, 0.15) is 5.76 Å². The SMILES string of the molecule is N#CC(=Cc1ccc(-c2ccc([N+](=O)[O-])cc2)o1)C(N)=O. The second kappa shape index (κ2) is 5.71. The number of benzene rings is 1. The van der Waals surface area contributed by atoms with Crippen LogP contribution in [0.4, 0.5) is 5.69 Å². The minimum Gasteiger partial charge on any atom is -0.457 e. The monoisotopic (exact) mass is 283 g/mol. The maximum atomic E-state index is 10.9. The largest absolute Gasteiger partial charge is 0.457 e. The lowest BCUT2D eigenvalue weighted by molar-refractivity contribution is -0.384. The Kier molecular flexibility index (Phi) is 3.81. The highest BCUT2D eigenvalue weighted by molar-refractivity contribution is 6.00. The number of carbonyl (C=O) groups excluding carboxylic acids is 1. The number of hydrogen-bond acceptors (Lipinski definition) is 5. The smallest absolute Gasteiger partial charge is 0.269 e. The zero-order valence-corrected chi connectivity index (χ0v) is 10.6. The van der Waals surface area contributed by atoms with Crippen molar-refractivity contribution in [1.82, 2.24) is 0 Å². The van der Waals surface area contributed by atoms with Crippen molar-refractivity contribution in [3.8, 4) is 17.4 Å². The molecule has 1 aromatic heterocycles. The van der Waals surface area contributed by atoms with Crippen molar-refractivity contribution in [1.29, 1.82) is 5.26 Å². The maximum Gasteiger partial charge on any atom is 0.269 e. The van der Waals surface area contributed by atoms with Crippen molar-refractivity contribution in [2.24, 2.45) is 5.73 Å². The van der Waals surface area contributed by atoms with Gasteiger partial charge >= 0.3 is 0 Å². The van der Waals surface area contributed by atoms with E-state index in [-0.39, 0.29) is 11.3 Å². The van der Waals surface area contributed by atoms with Gasteiger partial charge in [0.1, 0.15) is 23.2 Å². The molecule has 0 unspecified atom stereocenters. The Morgan fingerprint density at radius 2 is 1.95 bits per heavy atom. The summed E-state index contributed by atoms with van der Waals surface area (Å²) in [5, 5.41) is 19.3. The number of rotatable bonds is 4. The maximum absolute atomic E-state index is 10.9. The second-order valence-electron chi connectivity index (χ2n) is 4.04. The molecular formula is C14H9N3O4. The van der Waals surface area contributed by atoms with Gasteiger partial charge in [0.15, 0.2) is 0 Å². The van der Waals surface area contributed by atoms with Crippen LogP contribution in [-0.2, 0) is 4.79 Å². The third-order valence-corrected chi connectivity index (χ3v) is 2.66. The molecule has 21 heavy (non-hydrogen) atoms. The van der Waals surface area contributed by atoms with E-state index in [0.29, 0.717) is 17.1 Å². The van der Waals surface area contributed by atoms with E-state index < -0.39 is 10.8 Å². The van der Waals surface area contributed by atoms with E-state index in [1.54, 1.807) is 30.3 Å². The van der Waals surface area contributed by atoms with Crippen LogP contribution in [0.5, 0.6) is 0 Å². The van der Waals surface area contributed by atoms with Crippen molar-refractivity contribution in [2.75, 3.05) is 0 Å². The molecular weight excluding hydrogens is 274 g/mol. The molecule has 0 saturated carbocycles. The van der Waals surface area contributed by atoms with Gasteiger partial charge in [0.05, 0.1) is 4.92 Å². The average Bonchev–Trinajstić information content (AvgIpc) is 2.93. The zero-order chi connectivity index (χ0) is 15.4. The number of nitriles is 1. The third kappa shape index (κ3) is 3.13. The molecule has 1 heterocycles. The van der Waals surface area contributed by atoms with E-state index in [9.17, 15) is 14.9 Å². The summed E-state index contributed by atoms with van der Waals surface area (Å²) >= 11 is 0. The third-order valence-electron chi connectivity index (χ3n) is 2.66. The van der Waals surface area contributed by atoms with Crippen LogP contribution >= 0.6 is 0 Å². The molecule has 0 radical (unpaired) electrons. The number of nitro benzene ring substituents is 1. The van der Waals surface area contributed by atoms with E-state index in [1.165, 1.54) is 18.2 Å². The summed E-state index contributed by atoms with van der Waals surface area (Å²) in [5.74, 6) is -0.0950. The van der Waals surface area contributed by atoms with Crippen molar-refractivity contribution in [2.45, 2.75) is 0 Å². The van der Waals surface area contributed by atoms with Gasteiger partial charge in [0.25, 0.3) is 11.6 Å². The molecule has 0 atom stereocenters. The highest BCUT2D eigenvalue weighted by Crippen LogP contribution is 2.25. The van der Waals surface area contributed by atoms with Crippen LogP contribution in [0.25, 0.3) is 17.4 Å². The fourth-order valence-electron chi connectivity index (χ4n) is 1.63. The lowest BCUT2D eigenvalue weighted by Gasteiger charge is -1.96. The average molecular weight is 283 g/mol. The Bertz CT molecular complexity index is 766. The van der Waals surface area contributed by atoms with Crippen LogP contribution in [0.3, 0.4) is 0 Å². The molecule has 0 aliphatic carbocycles. The predicted octanol–water partition coefficient (Wildman–Crippen LogP) is 2.25. The molecule has 2 rings (SSSR count). The molecule has 1 aromatic carbocycles. The number of hydrogen-bond donors (Lipinski definition) is 1. The quantitative estimate of drug-likeness (QED) is 0.399. The number of nitrogens with two attached hydrogens (primary N) is 1. The summed E-state index contributed by atoms with van der Waals surface area (Å²) < 4.78 is 5.45. The number of primary amides is 1. The normalized spacial score (nSPS) is 10.9. The molecule has 0 saturated heterocycles. The van der Waals surface area contributed by atoms with Gasteiger partial charge in [-0.3, -0.25) is 14.9 Å². The second-order valence-corrected chi connectivity index (χ2v) is 4.04. The molecule has 0 fully saturated rings. The van der Waals surface area contributed by atoms with Gasteiger partial charge in [-0.05, 0) is 24.3 Å². The first-order valence-corrected chi connectivity index (χ1v) is 5.77. The predicted molar refractivity (Wildman–Crippen MR) is 73.6 cm³/mol. The van der Waals surface area contributed by atoms with Gasteiger partial charge in [0, 0.05) is 23.8 Å². The number of furan rings is 1. The van der Waals surface area contributed by atoms with Crippen molar-refractivity contribution in [3.05, 3.63) is 57.8 Å². The minimum absolute atomic E-state index is 0.0223. The highest BCUT2D eigenvalue weighted by Gasteiger charge is 2.09. The summed E-state index contributed by atoms with van der Waals surface area (Å²) in [6.07, 6.45) is 1.23. The van der Waals surface area contributed by atoms with Gasteiger partial charge in [-0.25, -0.2) is 0 Å². The van der Waals surface area contributed by atoms with Crippen LogP contribution in [0.15, 0.2) is 46.4 Å². The number of nitrogens with zero attached hydrogens (tertiary/aromatic N) is 2. The number of non-ortho nitro benzene ring substituents is 1. The Labute approximate surface area is 119 Å².